The van der Waals surface area contributed by atoms with Gasteiger partial charge in [-0.05, 0) is 51.0 Å². The Hall–Kier alpha value is -2.06. The average Bonchev–Trinajstić information content (AvgIpc) is 3.03. The van der Waals surface area contributed by atoms with Crippen LogP contribution in [0.2, 0.25) is 0 Å². The fourth-order valence-corrected chi connectivity index (χ4v) is 4.38. The van der Waals surface area contributed by atoms with Gasteiger partial charge in [-0.25, -0.2) is 0 Å². The van der Waals surface area contributed by atoms with E-state index in [0.717, 1.165) is 22.7 Å². The summed E-state index contributed by atoms with van der Waals surface area (Å²) < 4.78 is 17.8. The van der Waals surface area contributed by atoms with E-state index < -0.39 is 22.8 Å². The molecule has 3 heterocycles. The maximum Gasteiger partial charge on any atom is 0.304 e. The molecular formula is C19H23NO4. The van der Waals surface area contributed by atoms with Gasteiger partial charge >= 0.3 is 5.97 Å². The molecule has 0 radical (unpaired) electrons. The largest absolute Gasteiger partial charge is 0.466 e. The molecule has 3 rings (SSSR count). The minimum Gasteiger partial charge on any atom is -0.466 e. The van der Waals surface area contributed by atoms with Gasteiger partial charge in [-0.2, -0.15) is 5.26 Å². The fourth-order valence-electron chi connectivity index (χ4n) is 4.38. The fraction of sp³-hybridized carbons (Fsp3) is 0.579. The third kappa shape index (κ3) is 1.99. The number of fused-ring (bicyclic) bond motifs is 2. The highest BCUT2D eigenvalue weighted by Gasteiger charge is 2.71. The number of aryl methyl sites for hydroxylation is 2. The molecule has 0 N–H and O–H groups in total. The van der Waals surface area contributed by atoms with E-state index in [1.165, 1.54) is 6.92 Å². The van der Waals surface area contributed by atoms with Gasteiger partial charge in [-0.1, -0.05) is 6.92 Å². The molecule has 1 aromatic rings. The van der Waals surface area contributed by atoms with Crippen LogP contribution in [0.5, 0.6) is 0 Å². The Morgan fingerprint density at radius 1 is 1.42 bits per heavy atom. The van der Waals surface area contributed by atoms with Crippen molar-refractivity contribution in [1.82, 2.24) is 0 Å². The summed E-state index contributed by atoms with van der Waals surface area (Å²) in [6.45, 7) is 11.1. The van der Waals surface area contributed by atoms with Crippen LogP contribution < -0.4 is 0 Å². The molecule has 1 fully saturated rings. The first-order chi connectivity index (χ1) is 11.1. The average molecular weight is 329 g/mol. The maximum atomic E-state index is 11.6. The Labute approximate surface area is 142 Å². The van der Waals surface area contributed by atoms with Crippen LogP contribution in [-0.2, 0) is 14.3 Å². The number of nitrogens with zero attached hydrogens (tertiary/aromatic N) is 1. The van der Waals surface area contributed by atoms with Gasteiger partial charge in [0.15, 0.2) is 0 Å². The standard InChI is InChI=1S/C19H23NO4/c1-11-7-13(3)22-16(11)14(4)19-9-18(10-20,23-15(5)21)17(6,24-19)8-12(19)2/h7-8,14H,9H2,1-6H3/t14-,17-,18-,19-/m0/s1. The highest BCUT2D eigenvalue weighted by Crippen LogP contribution is 2.61. The molecule has 0 spiro atoms. The zero-order valence-electron chi connectivity index (χ0n) is 15.0. The topological polar surface area (TPSA) is 72.5 Å². The van der Waals surface area contributed by atoms with Crippen LogP contribution >= 0.6 is 0 Å². The van der Waals surface area contributed by atoms with Crippen LogP contribution in [0.25, 0.3) is 0 Å². The first-order valence-electron chi connectivity index (χ1n) is 8.17. The van der Waals surface area contributed by atoms with E-state index in [2.05, 4.69) is 6.07 Å². The van der Waals surface area contributed by atoms with E-state index in [1.807, 2.05) is 46.8 Å². The lowest BCUT2D eigenvalue weighted by Crippen LogP contribution is -2.50. The van der Waals surface area contributed by atoms with E-state index in [4.69, 9.17) is 13.9 Å². The van der Waals surface area contributed by atoms with Gasteiger partial charge < -0.3 is 13.9 Å². The molecule has 0 unspecified atom stereocenters. The lowest BCUT2D eigenvalue weighted by Gasteiger charge is -2.36. The molecule has 1 aromatic heterocycles. The zero-order valence-corrected chi connectivity index (χ0v) is 15.0. The van der Waals surface area contributed by atoms with Crippen molar-refractivity contribution in [3.05, 3.63) is 34.8 Å². The van der Waals surface area contributed by atoms with Crippen LogP contribution in [0.15, 0.2) is 22.1 Å². The number of esters is 1. The van der Waals surface area contributed by atoms with E-state index in [9.17, 15) is 10.1 Å². The number of nitriles is 1. The number of rotatable bonds is 3. The number of furan rings is 1. The lowest BCUT2D eigenvalue weighted by molar-refractivity contribution is -0.161. The SMILES string of the molecule is CC(=O)O[C@]1(C#N)C[C@]2([C@@H](C)c3oc(C)cc3C)O[C@@]1(C)C=C2C. The van der Waals surface area contributed by atoms with Crippen molar-refractivity contribution in [2.45, 2.75) is 70.7 Å². The van der Waals surface area contributed by atoms with Crippen molar-refractivity contribution in [3.8, 4) is 6.07 Å². The Balaban J connectivity index is 2.09. The molecule has 0 amide bonds. The minimum absolute atomic E-state index is 0.102. The predicted octanol–water partition coefficient (Wildman–Crippen LogP) is 3.70. The van der Waals surface area contributed by atoms with E-state index in [1.54, 1.807) is 0 Å². The number of carbonyl (C=O) groups excluding carboxylic acids is 1. The Kier molecular flexibility index (Phi) is 3.47. The Morgan fingerprint density at radius 3 is 2.58 bits per heavy atom. The van der Waals surface area contributed by atoms with E-state index in [0.29, 0.717) is 6.42 Å². The molecule has 24 heavy (non-hydrogen) atoms. The van der Waals surface area contributed by atoms with Crippen LogP contribution in [0.1, 0.15) is 57.1 Å². The first-order valence-corrected chi connectivity index (χ1v) is 8.17. The second-order valence-electron chi connectivity index (χ2n) is 7.26. The van der Waals surface area contributed by atoms with Crippen molar-refractivity contribution in [3.63, 3.8) is 0 Å². The van der Waals surface area contributed by atoms with E-state index in [-0.39, 0.29) is 5.92 Å². The summed E-state index contributed by atoms with van der Waals surface area (Å²) in [5, 5.41) is 9.80. The summed E-state index contributed by atoms with van der Waals surface area (Å²) in [7, 11) is 0. The third-order valence-corrected chi connectivity index (χ3v) is 5.54. The molecule has 128 valence electrons. The quantitative estimate of drug-likeness (QED) is 0.624. The number of ether oxygens (including phenoxy) is 2. The van der Waals surface area contributed by atoms with Crippen molar-refractivity contribution in [2.24, 2.45) is 0 Å². The van der Waals surface area contributed by atoms with Gasteiger partial charge in [-0.15, -0.1) is 0 Å². The molecule has 4 atom stereocenters. The monoisotopic (exact) mass is 329 g/mol. The summed E-state index contributed by atoms with van der Waals surface area (Å²) in [6.07, 6.45) is 2.22. The van der Waals surface area contributed by atoms with Crippen molar-refractivity contribution >= 4 is 5.97 Å². The number of carbonyl (C=O) groups is 1. The van der Waals surface area contributed by atoms with Gasteiger partial charge in [0.1, 0.15) is 28.8 Å². The summed E-state index contributed by atoms with van der Waals surface area (Å²) in [4.78, 5) is 11.6. The molecule has 5 nitrogen and oxygen atoms in total. The molecule has 2 aliphatic rings. The van der Waals surface area contributed by atoms with Crippen LogP contribution in [0, 0.1) is 25.2 Å². The van der Waals surface area contributed by atoms with Gasteiger partial charge in [0.05, 0.1) is 0 Å². The van der Waals surface area contributed by atoms with Crippen LogP contribution in [-0.4, -0.2) is 22.8 Å². The van der Waals surface area contributed by atoms with Crippen molar-refractivity contribution < 1.29 is 18.7 Å². The maximum absolute atomic E-state index is 11.6. The molecule has 2 bridgehead atoms. The molecule has 0 saturated carbocycles. The molecule has 1 saturated heterocycles. The van der Waals surface area contributed by atoms with Gasteiger partial charge in [0.2, 0.25) is 5.60 Å². The molecule has 2 aliphatic heterocycles. The third-order valence-electron chi connectivity index (χ3n) is 5.54. The summed E-state index contributed by atoms with van der Waals surface area (Å²) >= 11 is 0. The van der Waals surface area contributed by atoms with Crippen LogP contribution in [0.4, 0.5) is 0 Å². The Bertz CT molecular complexity index is 786. The summed E-state index contributed by atoms with van der Waals surface area (Å²) in [5.74, 6) is 1.11. The molecule has 0 aliphatic carbocycles. The minimum atomic E-state index is -1.32. The summed E-state index contributed by atoms with van der Waals surface area (Å²) in [6, 6.07) is 4.20. The summed E-state index contributed by atoms with van der Waals surface area (Å²) in [5.41, 5.74) is -0.886. The first kappa shape index (κ1) is 16.8. The molecule has 5 heteroatoms. The van der Waals surface area contributed by atoms with Crippen molar-refractivity contribution in [1.29, 1.82) is 5.26 Å². The number of hydrogen-bond acceptors (Lipinski definition) is 5. The zero-order chi connectivity index (χ0) is 17.9. The van der Waals surface area contributed by atoms with E-state index >= 15 is 0 Å². The van der Waals surface area contributed by atoms with Gasteiger partial charge in [-0.3, -0.25) is 4.79 Å². The molecule has 0 aromatic carbocycles. The van der Waals surface area contributed by atoms with Gasteiger partial charge in [0.25, 0.3) is 0 Å². The van der Waals surface area contributed by atoms with Crippen LogP contribution in [0.3, 0.4) is 0 Å². The molecular weight excluding hydrogens is 306 g/mol. The Morgan fingerprint density at radius 2 is 2.08 bits per heavy atom. The smallest absolute Gasteiger partial charge is 0.304 e. The number of hydrogen-bond donors (Lipinski definition) is 0. The second kappa shape index (κ2) is 4.97. The van der Waals surface area contributed by atoms with Gasteiger partial charge in [0, 0.05) is 19.3 Å². The highest BCUT2D eigenvalue weighted by molar-refractivity contribution is 5.68. The predicted molar refractivity (Wildman–Crippen MR) is 87.3 cm³/mol. The lowest BCUT2D eigenvalue weighted by atomic mass is 9.68. The van der Waals surface area contributed by atoms with Crippen molar-refractivity contribution in [2.75, 3.05) is 0 Å². The highest BCUT2D eigenvalue weighted by atomic mass is 16.6. The second-order valence-corrected chi connectivity index (χ2v) is 7.26. The normalized spacial score (nSPS) is 35.5.